The van der Waals surface area contributed by atoms with Crippen molar-refractivity contribution in [2.24, 2.45) is 0 Å². The summed E-state index contributed by atoms with van der Waals surface area (Å²) in [6, 6.07) is 39.6. The molecule has 0 bridgehead atoms. The van der Waals surface area contributed by atoms with E-state index in [1.165, 1.54) is 13.8 Å². The summed E-state index contributed by atoms with van der Waals surface area (Å²) in [6.45, 7) is 3.06. The highest BCUT2D eigenvalue weighted by Crippen LogP contribution is 2.54. The lowest BCUT2D eigenvalue weighted by Gasteiger charge is -2.51. The zero-order chi connectivity index (χ0) is 28.3. The second-order valence-corrected chi connectivity index (χ2v) is 9.20. The Kier molecular flexibility index (Phi) is 9.84. The smallest absolute Gasteiger partial charge is 0.302 e. The van der Waals surface area contributed by atoms with Crippen molar-refractivity contribution >= 4 is 11.9 Å². The zero-order valence-corrected chi connectivity index (χ0v) is 22.8. The van der Waals surface area contributed by atoms with Crippen LogP contribution in [0.2, 0.25) is 0 Å². The van der Waals surface area contributed by atoms with Gasteiger partial charge in [0.05, 0.1) is 13.2 Å². The van der Waals surface area contributed by atoms with Crippen LogP contribution in [0.25, 0.3) is 0 Å². The number of hydrogen-bond donors (Lipinski definition) is 0. The van der Waals surface area contributed by atoms with E-state index in [1.807, 2.05) is 121 Å². The van der Waals surface area contributed by atoms with Gasteiger partial charge in [-0.25, -0.2) is 0 Å². The lowest BCUT2D eigenvalue weighted by molar-refractivity contribution is -0.193. The lowest BCUT2D eigenvalue weighted by atomic mass is 9.65. The highest BCUT2D eigenvalue weighted by molar-refractivity contribution is 5.66. The summed E-state index contributed by atoms with van der Waals surface area (Å²) in [5, 5.41) is 0. The van der Waals surface area contributed by atoms with E-state index in [1.54, 1.807) is 0 Å². The number of benzene rings is 4. The number of carbonyl (C=O) groups is 2. The van der Waals surface area contributed by atoms with E-state index < -0.39 is 11.2 Å². The van der Waals surface area contributed by atoms with Gasteiger partial charge in [-0.3, -0.25) is 9.59 Å². The molecule has 0 fully saturated rings. The van der Waals surface area contributed by atoms with Crippen LogP contribution in [0.15, 0.2) is 121 Å². The first-order valence-electron chi connectivity index (χ1n) is 13.3. The fourth-order valence-electron chi connectivity index (χ4n) is 5.13. The predicted molar refractivity (Wildman–Crippen MR) is 152 cm³/mol. The van der Waals surface area contributed by atoms with Crippen LogP contribution in [-0.2, 0) is 39.7 Å². The van der Waals surface area contributed by atoms with Crippen molar-refractivity contribution in [2.75, 3.05) is 26.4 Å². The Morgan fingerprint density at radius 1 is 0.450 bits per heavy atom. The van der Waals surface area contributed by atoms with Gasteiger partial charge in [0.25, 0.3) is 0 Å². The molecule has 0 unspecified atom stereocenters. The van der Waals surface area contributed by atoms with E-state index in [-0.39, 0.29) is 38.4 Å². The molecule has 4 aromatic rings. The molecule has 0 aliphatic carbocycles. The molecule has 206 valence electrons. The largest absolute Gasteiger partial charge is 0.463 e. The molecular formula is C34H34O6. The van der Waals surface area contributed by atoms with E-state index in [9.17, 15) is 9.59 Å². The Bertz CT molecular complexity index is 1150. The monoisotopic (exact) mass is 538 g/mol. The molecule has 0 amide bonds. The molecule has 0 spiro atoms. The number of hydrogen-bond acceptors (Lipinski definition) is 6. The number of esters is 2. The second-order valence-electron chi connectivity index (χ2n) is 9.20. The standard InChI is InChI=1S/C34H34O6/c1-27(35)37-23-25-39-33(29-15-7-3-8-16-29,30-17-9-4-10-18-30)34(31-19-11-5-12-20-31,32-21-13-6-14-22-32)40-26-24-38-28(2)36/h3-22H,23-26H2,1-2H3. The Balaban J connectivity index is 2.06. The van der Waals surface area contributed by atoms with Crippen LogP contribution in [0.1, 0.15) is 36.1 Å². The summed E-state index contributed by atoms with van der Waals surface area (Å²) in [5.41, 5.74) is 0.810. The molecule has 6 heteroatoms. The van der Waals surface area contributed by atoms with Crippen LogP contribution in [0, 0.1) is 0 Å². The molecule has 0 heterocycles. The van der Waals surface area contributed by atoms with Gasteiger partial charge >= 0.3 is 11.9 Å². The second kappa shape index (κ2) is 13.7. The maximum atomic E-state index is 11.6. The summed E-state index contributed by atoms with van der Waals surface area (Å²) in [4.78, 5) is 23.3. The molecule has 0 aliphatic heterocycles. The van der Waals surface area contributed by atoms with Gasteiger partial charge in [-0.2, -0.15) is 0 Å². The molecule has 0 aromatic heterocycles. The Labute approximate surface area is 235 Å². The molecular weight excluding hydrogens is 504 g/mol. The molecule has 4 rings (SSSR count). The minimum Gasteiger partial charge on any atom is -0.463 e. The summed E-state index contributed by atoms with van der Waals surface area (Å²) in [5.74, 6) is -0.771. The normalized spacial score (nSPS) is 11.6. The van der Waals surface area contributed by atoms with Gasteiger partial charge in [0.15, 0.2) is 11.2 Å². The fraction of sp³-hybridized carbons (Fsp3) is 0.235. The minimum absolute atomic E-state index is 0.0594. The van der Waals surface area contributed by atoms with Crippen molar-refractivity contribution < 1.29 is 28.5 Å². The van der Waals surface area contributed by atoms with Gasteiger partial charge in [-0.15, -0.1) is 0 Å². The van der Waals surface area contributed by atoms with Crippen LogP contribution < -0.4 is 0 Å². The molecule has 0 saturated carbocycles. The van der Waals surface area contributed by atoms with Gasteiger partial charge in [0.1, 0.15) is 13.2 Å². The molecule has 0 N–H and O–H groups in total. The third-order valence-electron chi connectivity index (χ3n) is 6.63. The minimum atomic E-state index is -1.27. The Hall–Kier alpha value is -4.26. The number of rotatable bonds is 13. The zero-order valence-electron chi connectivity index (χ0n) is 22.8. The van der Waals surface area contributed by atoms with E-state index >= 15 is 0 Å². The summed E-state index contributed by atoms with van der Waals surface area (Å²) >= 11 is 0. The van der Waals surface area contributed by atoms with Crippen molar-refractivity contribution in [3.8, 4) is 0 Å². The van der Waals surface area contributed by atoms with Crippen molar-refractivity contribution in [3.63, 3.8) is 0 Å². The molecule has 0 aliphatic rings. The van der Waals surface area contributed by atoms with E-state index in [2.05, 4.69) is 0 Å². The lowest BCUT2D eigenvalue weighted by Crippen LogP contribution is -2.55. The van der Waals surface area contributed by atoms with Crippen molar-refractivity contribution in [2.45, 2.75) is 25.0 Å². The first kappa shape index (κ1) is 28.7. The van der Waals surface area contributed by atoms with E-state index in [0.717, 1.165) is 22.3 Å². The van der Waals surface area contributed by atoms with Gasteiger partial charge in [-0.05, 0) is 22.3 Å². The molecule has 4 aromatic carbocycles. The summed E-state index contributed by atoms with van der Waals surface area (Å²) in [7, 11) is 0. The van der Waals surface area contributed by atoms with Crippen LogP contribution in [0.3, 0.4) is 0 Å². The number of ether oxygens (including phenoxy) is 4. The van der Waals surface area contributed by atoms with E-state index in [4.69, 9.17) is 18.9 Å². The van der Waals surface area contributed by atoms with Gasteiger partial charge < -0.3 is 18.9 Å². The summed E-state index contributed by atoms with van der Waals surface area (Å²) in [6.07, 6.45) is 0. The van der Waals surface area contributed by atoms with Gasteiger partial charge in [0.2, 0.25) is 0 Å². The van der Waals surface area contributed by atoms with Crippen molar-refractivity contribution in [3.05, 3.63) is 144 Å². The van der Waals surface area contributed by atoms with Crippen LogP contribution in [0.4, 0.5) is 0 Å². The van der Waals surface area contributed by atoms with Gasteiger partial charge in [-0.1, -0.05) is 121 Å². The SMILES string of the molecule is CC(=O)OCCOC(c1ccccc1)(c1ccccc1)C(OCCOC(C)=O)(c1ccccc1)c1ccccc1. The molecule has 0 radical (unpaired) electrons. The Morgan fingerprint density at radius 3 is 0.925 bits per heavy atom. The molecule has 40 heavy (non-hydrogen) atoms. The molecule has 0 saturated heterocycles. The van der Waals surface area contributed by atoms with Crippen molar-refractivity contribution in [1.29, 1.82) is 0 Å². The highest BCUT2D eigenvalue weighted by Gasteiger charge is 2.58. The average Bonchev–Trinajstić information content (AvgIpc) is 2.99. The van der Waals surface area contributed by atoms with Crippen molar-refractivity contribution in [1.82, 2.24) is 0 Å². The Morgan fingerprint density at radius 2 is 0.700 bits per heavy atom. The third kappa shape index (κ3) is 6.14. The maximum Gasteiger partial charge on any atom is 0.302 e. The molecule has 6 nitrogen and oxygen atoms in total. The van der Waals surface area contributed by atoms with Crippen LogP contribution in [0.5, 0.6) is 0 Å². The molecule has 0 atom stereocenters. The van der Waals surface area contributed by atoms with Crippen LogP contribution in [-0.4, -0.2) is 38.4 Å². The predicted octanol–water partition coefficient (Wildman–Crippen LogP) is 6.03. The average molecular weight is 539 g/mol. The van der Waals surface area contributed by atoms with Crippen LogP contribution >= 0.6 is 0 Å². The summed E-state index contributed by atoms with van der Waals surface area (Å²) < 4.78 is 24.6. The van der Waals surface area contributed by atoms with Gasteiger partial charge in [0, 0.05) is 13.8 Å². The first-order chi connectivity index (χ1) is 19.5. The fourth-order valence-corrected chi connectivity index (χ4v) is 5.13. The topological polar surface area (TPSA) is 71.1 Å². The number of carbonyl (C=O) groups excluding carboxylic acids is 2. The third-order valence-corrected chi connectivity index (χ3v) is 6.63. The highest BCUT2D eigenvalue weighted by atomic mass is 16.6. The quantitative estimate of drug-likeness (QED) is 0.153. The van der Waals surface area contributed by atoms with E-state index in [0.29, 0.717) is 0 Å². The first-order valence-corrected chi connectivity index (χ1v) is 13.3. The maximum absolute atomic E-state index is 11.6.